The summed E-state index contributed by atoms with van der Waals surface area (Å²) >= 11 is 0. The first-order valence-electron chi connectivity index (χ1n) is 12.4. The number of aromatic nitrogens is 5. The van der Waals surface area contributed by atoms with E-state index in [2.05, 4.69) is 56.4 Å². The highest BCUT2D eigenvalue weighted by atomic mass is 35.5. The van der Waals surface area contributed by atoms with Crippen LogP contribution in [0.15, 0.2) is 41.3 Å². The van der Waals surface area contributed by atoms with Gasteiger partial charge in [-0.25, -0.2) is 9.50 Å². The Morgan fingerprint density at radius 3 is 2.68 bits per heavy atom. The van der Waals surface area contributed by atoms with Crippen LogP contribution in [0.1, 0.15) is 62.3 Å². The standard InChI is InChI=1S/C27H33N7O3.ClH/c1-17-11-18(7-8-19(17)13-28-24(35)23-31-25(37-32-23)26(2,3)4)22-21-12-20(14-34(21)30-16-29-22)33-9-10-36-27(5,6)15-33;/h7-8,11-12,14,16H,9-10,13,15H2,1-6H3,(H,28,35);1H. The van der Waals surface area contributed by atoms with Gasteiger partial charge in [-0.3, -0.25) is 4.79 Å². The number of aryl methyl sites for hydroxylation is 1. The van der Waals surface area contributed by atoms with Crippen LogP contribution < -0.4 is 10.2 Å². The van der Waals surface area contributed by atoms with Gasteiger partial charge in [-0.05, 0) is 44.0 Å². The number of halogens is 1. The third-order valence-corrected chi connectivity index (χ3v) is 6.51. The van der Waals surface area contributed by atoms with Crippen LogP contribution in [0.25, 0.3) is 16.8 Å². The lowest BCUT2D eigenvalue weighted by atomic mass is 9.97. The van der Waals surface area contributed by atoms with Crippen molar-refractivity contribution in [1.29, 1.82) is 0 Å². The lowest BCUT2D eigenvalue weighted by Crippen LogP contribution is -2.48. The SMILES string of the molecule is Cc1cc(-c2ncnn3cc(N4CCOC(C)(C)C4)cc23)ccc1CNC(=O)c1noc(C(C)(C)C)n1.Cl. The van der Waals surface area contributed by atoms with Crippen molar-refractivity contribution in [3.63, 3.8) is 0 Å². The molecule has 3 aromatic heterocycles. The molecule has 5 rings (SSSR count). The molecule has 0 unspecified atom stereocenters. The second-order valence-corrected chi connectivity index (χ2v) is 11.2. The molecule has 1 aromatic carbocycles. The minimum atomic E-state index is -0.368. The Bertz CT molecular complexity index is 1450. The summed E-state index contributed by atoms with van der Waals surface area (Å²) in [7, 11) is 0. The number of benzene rings is 1. The van der Waals surface area contributed by atoms with Crippen molar-refractivity contribution in [2.45, 2.75) is 59.1 Å². The number of hydrogen-bond donors (Lipinski definition) is 1. The van der Waals surface area contributed by atoms with Gasteiger partial charge >= 0.3 is 0 Å². The molecular formula is C27H34ClN7O3. The molecule has 1 N–H and O–H groups in total. The molecule has 0 radical (unpaired) electrons. The lowest BCUT2D eigenvalue weighted by molar-refractivity contribution is -0.0276. The average Bonchev–Trinajstić information content (AvgIpc) is 3.50. The third kappa shape index (κ3) is 5.66. The summed E-state index contributed by atoms with van der Waals surface area (Å²) in [5, 5.41) is 11.1. The Kier molecular flexibility index (Phi) is 7.49. The summed E-state index contributed by atoms with van der Waals surface area (Å²) in [6.07, 6.45) is 3.62. The van der Waals surface area contributed by atoms with E-state index in [0.29, 0.717) is 19.0 Å². The molecule has 0 aliphatic carbocycles. The van der Waals surface area contributed by atoms with Crippen molar-refractivity contribution in [1.82, 2.24) is 30.1 Å². The predicted molar refractivity (Wildman–Crippen MR) is 147 cm³/mol. The molecule has 10 nitrogen and oxygen atoms in total. The van der Waals surface area contributed by atoms with Gasteiger partial charge in [-0.2, -0.15) is 10.1 Å². The molecule has 1 fully saturated rings. The van der Waals surface area contributed by atoms with Gasteiger partial charge in [-0.15, -0.1) is 12.4 Å². The molecule has 1 saturated heterocycles. The Morgan fingerprint density at radius 1 is 1.21 bits per heavy atom. The minimum Gasteiger partial charge on any atom is -0.372 e. The molecule has 1 aliphatic rings. The molecule has 4 aromatic rings. The zero-order valence-electron chi connectivity index (χ0n) is 22.6. The van der Waals surface area contributed by atoms with Crippen molar-refractivity contribution in [2.75, 3.05) is 24.6 Å². The van der Waals surface area contributed by atoms with Gasteiger partial charge < -0.3 is 19.5 Å². The maximum Gasteiger partial charge on any atom is 0.292 e. The van der Waals surface area contributed by atoms with E-state index in [1.165, 1.54) is 0 Å². The van der Waals surface area contributed by atoms with Crippen LogP contribution in [-0.4, -0.2) is 55.9 Å². The maximum atomic E-state index is 12.5. The molecule has 11 heteroatoms. The largest absolute Gasteiger partial charge is 0.372 e. The average molecular weight is 540 g/mol. The van der Waals surface area contributed by atoms with Crippen molar-refractivity contribution in [2.24, 2.45) is 0 Å². The van der Waals surface area contributed by atoms with Crippen LogP contribution in [0.4, 0.5) is 5.69 Å². The van der Waals surface area contributed by atoms with E-state index in [1.807, 2.05) is 50.5 Å². The summed E-state index contributed by atoms with van der Waals surface area (Å²) in [5.41, 5.74) is 5.41. The van der Waals surface area contributed by atoms with Crippen LogP contribution >= 0.6 is 12.4 Å². The highest BCUT2D eigenvalue weighted by Crippen LogP contribution is 2.30. The van der Waals surface area contributed by atoms with Crippen molar-refractivity contribution in [3.8, 4) is 11.3 Å². The molecular weight excluding hydrogens is 506 g/mol. The maximum absolute atomic E-state index is 12.5. The van der Waals surface area contributed by atoms with Gasteiger partial charge in [0.25, 0.3) is 11.7 Å². The lowest BCUT2D eigenvalue weighted by Gasteiger charge is -2.38. The number of hydrogen-bond acceptors (Lipinski definition) is 8. The fourth-order valence-corrected chi connectivity index (χ4v) is 4.46. The molecule has 0 bridgehead atoms. The van der Waals surface area contributed by atoms with Gasteiger partial charge in [0.15, 0.2) is 0 Å². The number of carbonyl (C=O) groups is 1. The number of rotatable bonds is 5. The number of ether oxygens (including phenoxy) is 1. The molecule has 0 atom stereocenters. The van der Waals surface area contributed by atoms with Crippen LogP contribution in [0.3, 0.4) is 0 Å². The molecule has 202 valence electrons. The van der Waals surface area contributed by atoms with Crippen molar-refractivity contribution >= 4 is 29.5 Å². The fourth-order valence-electron chi connectivity index (χ4n) is 4.46. The summed E-state index contributed by atoms with van der Waals surface area (Å²) in [6, 6.07) is 8.25. The third-order valence-electron chi connectivity index (χ3n) is 6.51. The van der Waals surface area contributed by atoms with E-state index in [9.17, 15) is 4.79 Å². The Hall–Kier alpha value is -3.50. The Balaban J connectivity index is 0.00000336. The zero-order chi connectivity index (χ0) is 26.4. The fraction of sp³-hybridized carbons (Fsp3) is 0.444. The molecule has 0 spiro atoms. The van der Waals surface area contributed by atoms with Gasteiger partial charge in [-0.1, -0.05) is 38.1 Å². The number of fused-ring (bicyclic) bond motifs is 1. The van der Waals surface area contributed by atoms with Crippen LogP contribution in [0, 0.1) is 6.92 Å². The summed E-state index contributed by atoms with van der Waals surface area (Å²) in [6.45, 7) is 14.8. The van der Waals surface area contributed by atoms with Gasteiger partial charge in [0, 0.05) is 30.6 Å². The summed E-state index contributed by atoms with van der Waals surface area (Å²) in [5.74, 6) is 0.0997. The van der Waals surface area contributed by atoms with E-state index < -0.39 is 0 Å². The second kappa shape index (κ2) is 10.3. The number of carbonyl (C=O) groups excluding carboxylic acids is 1. The van der Waals surface area contributed by atoms with Gasteiger partial charge in [0.05, 0.1) is 35.3 Å². The van der Waals surface area contributed by atoms with Crippen molar-refractivity contribution < 1.29 is 14.1 Å². The zero-order valence-corrected chi connectivity index (χ0v) is 23.4. The minimum absolute atomic E-state index is 0. The number of nitrogens with zero attached hydrogens (tertiary/aromatic N) is 6. The summed E-state index contributed by atoms with van der Waals surface area (Å²) < 4.78 is 13.0. The Labute approximate surface area is 228 Å². The highest BCUT2D eigenvalue weighted by molar-refractivity contribution is 5.90. The molecule has 38 heavy (non-hydrogen) atoms. The Morgan fingerprint density at radius 2 is 2.00 bits per heavy atom. The molecule has 1 amide bonds. The number of anilines is 1. The van der Waals surface area contributed by atoms with E-state index in [4.69, 9.17) is 9.26 Å². The van der Waals surface area contributed by atoms with Crippen molar-refractivity contribution in [3.05, 3.63) is 59.6 Å². The van der Waals surface area contributed by atoms with E-state index in [1.54, 1.807) is 6.33 Å². The highest BCUT2D eigenvalue weighted by Gasteiger charge is 2.28. The van der Waals surface area contributed by atoms with Gasteiger partial charge in [0.1, 0.15) is 6.33 Å². The predicted octanol–water partition coefficient (Wildman–Crippen LogP) is 4.35. The molecule has 0 saturated carbocycles. The topological polar surface area (TPSA) is 111 Å². The number of amides is 1. The first kappa shape index (κ1) is 27.5. The first-order valence-corrected chi connectivity index (χ1v) is 12.4. The number of nitrogens with one attached hydrogen (secondary N) is 1. The van der Waals surface area contributed by atoms with E-state index in [-0.39, 0.29) is 35.2 Å². The van der Waals surface area contributed by atoms with Crippen LogP contribution in [0.5, 0.6) is 0 Å². The molecule has 4 heterocycles. The van der Waals surface area contributed by atoms with Crippen LogP contribution in [-0.2, 0) is 16.7 Å². The summed E-state index contributed by atoms with van der Waals surface area (Å²) in [4.78, 5) is 23.7. The van der Waals surface area contributed by atoms with Gasteiger partial charge in [0.2, 0.25) is 5.89 Å². The second-order valence-electron chi connectivity index (χ2n) is 11.2. The monoisotopic (exact) mass is 539 g/mol. The van der Waals surface area contributed by atoms with E-state index >= 15 is 0 Å². The quantitative estimate of drug-likeness (QED) is 0.398. The number of morpholine rings is 1. The smallest absolute Gasteiger partial charge is 0.292 e. The molecule has 1 aliphatic heterocycles. The van der Waals surface area contributed by atoms with E-state index in [0.717, 1.165) is 46.7 Å². The first-order chi connectivity index (χ1) is 17.5. The van der Waals surface area contributed by atoms with Crippen LogP contribution in [0.2, 0.25) is 0 Å². The normalized spacial score (nSPS) is 15.4.